The van der Waals surface area contributed by atoms with Crippen molar-refractivity contribution in [3.8, 4) is 11.1 Å². The molecule has 4 aromatic rings. The minimum absolute atomic E-state index is 0.114. The summed E-state index contributed by atoms with van der Waals surface area (Å²) in [5, 5.41) is 0. The fourth-order valence-electron chi connectivity index (χ4n) is 6.48. The van der Waals surface area contributed by atoms with Crippen molar-refractivity contribution < 1.29 is 22.0 Å². The van der Waals surface area contributed by atoms with Crippen molar-refractivity contribution in [3.63, 3.8) is 0 Å². The molecule has 0 spiro atoms. The second-order valence-corrected chi connectivity index (χ2v) is 11.8. The van der Waals surface area contributed by atoms with Gasteiger partial charge >= 0.3 is 0 Å². The molecule has 0 amide bonds. The number of fused-ring (bicyclic) bond motifs is 8. The van der Waals surface area contributed by atoms with E-state index in [1.807, 2.05) is 39.8 Å². The van der Waals surface area contributed by atoms with Crippen molar-refractivity contribution in [2.75, 3.05) is 0 Å². The number of aromatic nitrogens is 4. The Morgan fingerprint density at radius 2 is 1.13 bits per heavy atom. The van der Waals surface area contributed by atoms with E-state index in [4.69, 9.17) is 9.97 Å². The standard InChI is InChI=1S/C36H33F5N4/c1-9-20-18(7)24-11-22-14(3)16(5)35(44-22)29(28-30(37)32(39)34(41)33(40)31(28)38)36-17(6)15(4)23(45-36)12-25-19(8)21(10-2)27(43-25)13-26(20)42-24/h11-13,42,44H,9-10H2,1-8H3. The van der Waals surface area contributed by atoms with Gasteiger partial charge in [0.1, 0.15) is 0 Å². The Hall–Kier alpha value is -4.53. The summed E-state index contributed by atoms with van der Waals surface area (Å²) in [4.78, 5) is 16.6. The van der Waals surface area contributed by atoms with Gasteiger partial charge in [0.15, 0.2) is 23.3 Å². The highest BCUT2D eigenvalue weighted by atomic mass is 19.2. The molecule has 9 heteroatoms. The number of nitrogens with one attached hydrogen (secondary N) is 2. The first-order chi connectivity index (χ1) is 21.3. The van der Waals surface area contributed by atoms with E-state index in [0.29, 0.717) is 33.6 Å². The molecule has 6 rings (SSSR count). The predicted molar refractivity (Wildman–Crippen MR) is 171 cm³/mol. The quantitative estimate of drug-likeness (QED) is 0.137. The molecule has 4 nitrogen and oxygen atoms in total. The minimum atomic E-state index is -2.21. The Labute approximate surface area is 257 Å². The molecule has 3 aromatic heterocycles. The van der Waals surface area contributed by atoms with Gasteiger partial charge in [-0.2, -0.15) is 0 Å². The number of aryl methyl sites for hydroxylation is 4. The third-order valence-corrected chi connectivity index (χ3v) is 9.47. The molecule has 0 saturated heterocycles. The average molecular weight is 617 g/mol. The molecule has 0 aliphatic carbocycles. The van der Waals surface area contributed by atoms with Crippen LogP contribution in [0.15, 0.2) is 18.2 Å². The molecular formula is C36H33F5N4. The SMILES string of the molecule is CCC1=C(C)c2cc3nc(c(-c4c(F)c(F)c(F)c(F)c4F)c4[nH]c(cc5[nH]c(cc1n2)c(CC)c5C)c(C)c4C)C(C)=C3C. The van der Waals surface area contributed by atoms with Crippen molar-refractivity contribution in [1.29, 1.82) is 0 Å². The lowest BCUT2D eigenvalue weighted by atomic mass is 9.95. The normalized spacial score (nSPS) is 13.4. The molecule has 5 heterocycles. The maximum absolute atomic E-state index is 15.6. The number of hydrogen-bond donors (Lipinski definition) is 2. The van der Waals surface area contributed by atoms with Crippen LogP contribution in [0.2, 0.25) is 0 Å². The Morgan fingerprint density at radius 3 is 1.76 bits per heavy atom. The Bertz CT molecular complexity index is 2170. The number of H-pyrrole nitrogens is 2. The largest absolute Gasteiger partial charge is 0.355 e. The number of nitrogens with zero attached hydrogens (tertiary/aromatic N) is 2. The molecule has 0 atom stereocenters. The molecule has 0 fully saturated rings. The number of hydrogen-bond acceptors (Lipinski definition) is 2. The first-order valence-electron chi connectivity index (χ1n) is 14.9. The van der Waals surface area contributed by atoms with E-state index in [9.17, 15) is 13.2 Å². The number of aromatic amines is 2. The number of halogens is 5. The first-order valence-corrected chi connectivity index (χ1v) is 14.9. The van der Waals surface area contributed by atoms with E-state index >= 15 is 8.78 Å². The third kappa shape index (κ3) is 4.46. The summed E-state index contributed by atoms with van der Waals surface area (Å²) < 4.78 is 74.9. The molecule has 2 aliphatic heterocycles. The van der Waals surface area contributed by atoms with Gasteiger partial charge in [0.05, 0.1) is 33.9 Å². The highest BCUT2D eigenvalue weighted by Crippen LogP contribution is 2.43. The molecule has 0 unspecified atom stereocenters. The van der Waals surface area contributed by atoms with Crippen molar-refractivity contribution in [3.05, 3.63) is 92.3 Å². The van der Waals surface area contributed by atoms with E-state index in [1.54, 1.807) is 13.8 Å². The van der Waals surface area contributed by atoms with Crippen molar-refractivity contribution in [2.45, 2.75) is 68.2 Å². The van der Waals surface area contributed by atoms with Gasteiger partial charge in [-0.1, -0.05) is 13.8 Å². The third-order valence-electron chi connectivity index (χ3n) is 9.47. The fraction of sp³-hybridized carbons (Fsp3) is 0.278. The summed E-state index contributed by atoms with van der Waals surface area (Å²) in [7, 11) is 0. The van der Waals surface area contributed by atoms with Gasteiger partial charge in [-0.05, 0) is 117 Å². The molecule has 2 aliphatic rings. The van der Waals surface area contributed by atoms with Crippen LogP contribution in [-0.2, 0) is 6.42 Å². The van der Waals surface area contributed by atoms with Gasteiger partial charge in [0, 0.05) is 22.1 Å². The highest BCUT2D eigenvalue weighted by molar-refractivity contribution is 6.01. The smallest absolute Gasteiger partial charge is 0.200 e. The molecule has 45 heavy (non-hydrogen) atoms. The van der Waals surface area contributed by atoms with Gasteiger partial charge in [0.2, 0.25) is 5.82 Å². The van der Waals surface area contributed by atoms with E-state index < -0.39 is 34.6 Å². The van der Waals surface area contributed by atoms with Gasteiger partial charge in [-0.25, -0.2) is 31.9 Å². The van der Waals surface area contributed by atoms with Crippen LogP contribution in [0.3, 0.4) is 0 Å². The number of benzene rings is 1. The summed E-state index contributed by atoms with van der Waals surface area (Å²) >= 11 is 0. The van der Waals surface area contributed by atoms with E-state index in [-0.39, 0.29) is 16.8 Å². The Kier molecular flexibility index (Phi) is 7.33. The lowest BCUT2D eigenvalue weighted by Gasteiger charge is -2.12. The van der Waals surface area contributed by atoms with E-state index in [1.165, 1.54) is 0 Å². The zero-order valence-corrected chi connectivity index (χ0v) is 26.4. The number of rotatable bonds is 3. The van der Waals surface area contributed by atoms with Crippen molar-refractivity contribution >= 4 is 44.4 Å². The summed E-state index contributed by atoms with van der Waals surface area (Å²) in [5.41, 5.74) is 10.3. The van der Waals surface area contributed by atoms with Gasteiger partial charge < -0.3 is 9.97 Å². The zero-order valence-electron chi connectivity index (χ0n) is 26.4. The summed E-state index contributed by atoms with van der Waals surface area (Å²) in [6.07, 6.45) is 1.52. The van der Waals surface area contributed by atoms with Crippen LogP contribution < -0.4 is 0 Å². The van der Waals surface area contributed by atoms with Gasteiger partial charge in [0.25, 0.3) is 0 Å². The van der Waals surface area contributed by atoms with Gasteiger partial charge in [-0.15, -0.1) is 0 Å². The maximum Gasteiger partial charge on any atom is 0.200 e. The van der Waals surface area contributed by atoms with E-state index in [0.717, 1.165) is 57.4 Å². The molecular weight excluding hydrogens is 583 g/mol. The second-order valence-electron chi connectivity index (χ2n) is 11.8. The molecule has 1 aromatic carbocycles. The van der Waals surface area contributed by atoms with Crippen LogP contribution in [0, 0.1) is 49.9 Å². The van der Waals surface area contributed by atoms with Crippen LogP contribution in [0.25, 0.3) is 55.5 Å². The molecule has 0 radical (unpaired) electrons. The van der Waals surface area contributed by atoms with Crippen LogP contribution >= 0.6 is 0 Å². The maximum atomic E-state index is 15.6. The van der Waals surface area contributed by atoms with Crippen LogP contribution in [0.4, 0.5) is 22.0 Å². The summed E-state index contributed by atoms with van der Waals surface area (Å²) in [5.74, 6) is -10.1. The fourth-order valence-corrected chi connectivity index (χ4v) is 6.48. The van der Waals surface area contributed by atoms with Crippen molar-refractivity contribution in [1.82, 2.24) is 19.9 Å². The van der Waals surface area contributed by atoms with Crippen LogP contribution in [-0.4, -0.2) is 19.9 Å². The summed E-state index contributed by atoms with van der Waals surface area (Å²) in [6, 6.07) is 5.80. The van der Waals surface area contributed by atoms with Crippen LogP contribution in [0.5, 0.6) is 0 Å². The second kappa shape index (κ2) is 10.8. The topological polar surface area (TPSA) is 57.4 Å². The van der Waals surface area contributed by atoms with Crippen LogP contribution in [0.1, 0.15) is 86.1 Å². The monoisotopic (exact) mass is 616 g/mol. The summed E-state index contributed by atoms with van der Waals surface area (Å²) in [6.45, 7) is 15.3. The van der Waals surface area contributed by atoms with E-state index in [2.05, 4.69) is 29.9 Å². The Balaban J connectivity index is 1.92. The highest BCUT2D eigenvalue weighted by Gasteiger charge is 2.31. The molecule has 232 valence electrons. The molecule has 0 saturated carbocycles. The molecule has 8 bridgehead atoms. The average Bonchev–Trinajstić information content (AvgIpc) is 3.67. The molecule has 2 N–H and O–H groups in total. The number of allylic oxidation sites excluding steroid dienone is 4. The Morgan fingerprint density at radius 1 is 0.533 bits per heavy atom. The first kappa shape index (κ1) is 30.5. The lowest BCUT2D eigenvalue weighted by molar-refractivity contribution is 0.381. The zero-order chi connectivity index (χ0) is 32.6. The lowest BCUT2D eigenvalue weighted by Crippen LogP contribution is -2.05. The minimum Gasteiger partial charge on any atom is -0.355 e. The predicted octanol–water partition coefficient (Wildman–Crippen LogP) is 10.5. The van der Waals surface area contributed by atoms with Crippen molar-refractivity contribution in [2.24, 2.45) is 0 Å². The van der Waals surface area contributed by atoms with Gasteiger partial charge in [-0.3, -0.25) is 0 Å².